The molecule has 1 rings (SSSR count). The third-order valence-corrected chi connectivity index (χ3v) is 2.04. The third kappa shape index (κ3) is 4.51. The molecule has 0 aliphatic heterocycles. The standard InChI is InChI=1S/C10H16N4O/c1-3-8(2)13-7-9(15)14-10-11-5-4-6-12-10/h4-6,8,13H,3,7H2,1-2H3,(H,11,12,14,15). The molecule has 1 aromatic rings. The van der Waals surface area contributed by atoms with Crippen molar-refractivity contribution in [3.8, 4) is 0 Å². The van der Waals surface area contributed by atoms with E-state index in [1.807, 2.05) is 6.92 Å². The molecule has 0 aliphatic rings. The predicted molar refractivity (Wildman–Crippen MR) is 58.4 cm³/mol. The van der Waals surface area contributed by atoms with Gasteiger partial charge in [-0.15, -0.1) is 0 Å². The van der Waals surface area contributed by atoms with E-state index in [-0.39, 0.29) is 12.5 Å². The number of rotatable bonds is 5. The van der Waals surface area contributed by atoms with Crippen LogP contribution in [0.5, 0.6) is 0 Å². The Labute approximate surface area is 89.3 Å². The van der Waals surface area contributed by atoms with Gasteiger partial charge in [0.2, 0.25) is 11.9 Å². The molecule has 1 amide bonds. The molecule has 0 saturated carbocycles. The summed E-state index contributed by atoms with van der Waals surface area (Å²) in [4.78, 5) is 19.2. The minimum Gasteiger partial charge on any atom is -0.306 e. The van der Waals surface area contributed by atoms with Crippen LogP contribution in [0.25, 0.3) is 0 Å². The molecule has 1 heterocycles. The molecule has 1 atom stereocenters. The van der Waals surface area contributed by atoms with E-state index in [0.29, 0.717) is 12.0 Å². The molecule has 15 heavy (non-hydrogen) atoms. The van der Waals surface area contributed by atoms with Crippen molar-refractivity contribution in [3.05, 3.63) is 18.5 Å². The highest BCUT2D eigenvalue weighted by Crippen LogP contribution is 1.93. The smallest absolute Gasteiger partial charge is 0.240 e. The lowest BCUT2D eigenvalue weighted by atomic mass is 10.2. The largest absolute Gasteiger partial charge is 0.306 e. The molecule has 82 valence electrons. The zero-order valence-electron chi connectivity index (χ0n) is 9.03. The van der Waals surface area contributed by atoms with E-state index in [0.717, 1.165) is 6.42 Å². The Balaban J connectivity index is 2.31. The number of carbonyl (C=O) groups is 1. The van der Waals surface area contributed by atoms with E-state index in [1.54, 1.807) is 18.5 Å². The van der Waals surface area contributed by atoms with E-state index >= 15 is 0 Å². The highest BCUT2D eigenvalue weighted by atomic mass is 16.2. The summed E-state index contributed by atoms with van der Waals surface area (Å²) in [5.74, 6) is 0.218. The van der Waals surface area contributed by atoms with Gasteiger partial charge in [0.25, 0.3) is 0 Å². The van der Waals surface area contributed by atoms with Gasteiger partial charge in [0.05, 0.1) is 6.54 Å². The average Bonchev–Trinajstić information content (AvgIpc) is 2.27. The van der Waals surface area contributed by atoms with Crippen molar-refractivity contribution in [1.29, 1.82) is 0 Å². The monoisotopic (exact) mass is 208 g/mol. The summed E-state index contributed by atoms with van der Waals surface area (Å²) in [5, 5.41) is 5.68. The molecule has 0 aliphatic carbocycles. The topological polar surface area (TPSA) is 66.9 Å². The minimum atomic E-state index is -0.124. The van der Waals surface area contributed by atoms with Gasteiger partial charge < -0.3 is 5.32 Å². The van der Waals surface area contributed by atoms with Crippen molar-refractivity contribution in [1.82, 2.24) is 15.3 Å². The lowest BCUT2D eigenvalue weighted by Crippen LogP contribution is -2.34. The van der Waals surface area contributed by atoms with Gasteiger partial charge in [0, 0.05) is 18.4 Å². The summed E-state index contributed by atoms with van der Waals surface area (Å²) in [6, 6.07) is 2.04. The Bertz CT molecular complexity index is 302. The third-order valence-electron chi connectivity index (χ3n) is 2.04. The first-order valence-corrected chi connectivity index (χ1v) is 5.02. The normalized spacial score (nSPS) is 12.1. The second-order valence-electron chi connectivity index (χ2n) is 3.31. The second kappa shape index (κ2) is 6.08. The summed E-state index contributed by atoms with van der Waals surface area (Å²) >= 11 is 0. The SMILES string of the molecule is CCC(C)NCC(=O)Nc1ncccn1. The molecule has 0 spiro atoms. The van der Waals surface area contributed by atoms with Crippen LogP contribution in [-0.2, 0) is 4.79 Å². The molecule has 5 nitrogen and oxygen atoms in total. The van der Waals surface area contributed by atoms with Crippen LogP contribution in [0, 0.1) is 0 Å². The van der Waals surface area contributed by atoms with Gasteiger partial charge in [-0.3, -0.25) is 10.1 Å². The lowest BCUT2D eigenvalue weighted by Gasteiger charge is -2.10. The fourth-order valence-corrected chi connectivity index (χ4v) is 0.944. The predicted octanol–water partition coefficient (Wildman–Crippen LogP) is 0.803. The summed E-state index contributed by atoms with van der Waals surface area (Å²) in [6.45, 7) is 4.38. The van der Waals surface area contributed by atoms with Crippen LogP contribution in [0.3, 0.4) is 0 Å². The minimum absolute atomic E-state index is 0.124. The van der Waals surface area contributed by atoms with Gasteiger partial charge in [-0.1, -0.05) is 6.92 Å². The van der Waals surface area contributed by atoms with Crippen LogP contribution in [-0.4, -0.2) is 28.5 Å². The molecular formula is C10H16N4O. The maximum absolute atomic E-state index is 11.4. The van der Waals surface area contributed by atoms with Crippen LogP contribution < -0.4 is 10.6 Å². The summed E-state index contributed by atoms with van der Waals surface area (Å²) in [6.07, 6.45) is 4.17. The van der Waals surface area contributed by atoms with E-state index in [9.17, 15) is 4.79 Å². The molecule has 2 N–H and O–H groups in total. The average molecular weight is 208 g/mol. The Hall–Kier alpha value is -1.49. The van der Waals surface area contributed by atoms with Crippen LogP contribution in [0.1, 0.15) is 20.3 Å². The fourth-order valence-electron chi connectivity index (χ4n) is 0.944. The van der Waals surface area contributed by atoms with E-state index < -0.39 is 0 Å². The van der Waals surface area contributed by atoms with Crippen molar-refractivity contribution in [2.45, 2.75) is 26.3 Å². The van der Waals surface area contributed by atoms with Gasteiger partial charge >= 0.3 is 0 Å². The van der Waals surface area contributed by atoms with Crippen molar-refractivity contribution >= 4 is 11.9 Å². The maximum Gasteiger partial charge on any atom is 0.240 e. The van der Waals surface area contributed by atoms with E-state index in [1.165, 1.54) is 0 Å². The number of amides is 1. The number of hydrogen-bond acceptors (Lipinski definition) is 4. The first-order valence-electron chi connectivity index (χ1n) is 5.02. The Morgan fingerprint density at radius 1 is 1.47 bits per heavy atom. The number of aromatic nitrogens is 2. The van der Waals surface area contributed by atoms with Crippen LogP contribution in [0.2, 0.25) is 0 Å². The zero-order chi connectivity index (χ0) is 11.1. The number of nitrogens with one attached hydrogen (secondary N) is 2. The summed E-state index contributed by atoms with van der Waals surface area (Å²) < 4.78 is 0. The fraction of sp³-hybridized carbons (Fsp3) is 0.500. The molecular weight excluding hydrogens is 192 g/mol. The van der Waals surface area contributed by atoms with E-state index in [2.05, 4.69) is 27.5 Å². The van der Waals surface area contributed by atoms with Gasteiger partial charge in [0.1, 0.15) is 0 Å². The first-order chi connectivity index (χ1) is 7.22. The van der Waals surface area contributed by atoms with Crippen molar-refractivity contribution in [3.63, 3.8) is 0 Å². The molecule has 0 aromatic carbocycles. The van der Waals surface area contributed by atoms with Crippen molar-refractivity contribution < 1.29 is 4.79 Å². The van der Waals surface area contributed by atoms with Crippen molar-refractivity contribution in [2.24, 2.45) is 0 Å². The second-order valence-corrected chi connectivity index (χ2v) is 3.31. The van der Waals surface area contributed by atoms with Crippen LogP contribution >= 0.6 is 0 Å². The number of anilines is 1. The molecule has 0 fully saturated rings. The molecule has 1 aromatic heterocycles. The summed E-state index contributed by atoms with van der Waals surface area (Å²) in [5.41, 5.74) is 0. The number of hydrogen-bond donors (Lipinski definition) is 2. The highest BCUT2D eigenvalue weighted by molar-refractivity contribution is 5.90. The van der Waals surface area contributed by atoms with Gasteiger partial charge in [-0.2, -0.15) is 0 Å². The number of nitrogens with zero attached hydrogens (tertiary/aromatic N) is 2. The molecule has 5 heteroatoms. The molecule has 0 bridgehead atoms. The Morgan fingerprint density at radius 3 is 2.73 bits per heavy atom. The quantitative estimate of drug-likeness (QED) is 0.751. The zero-order valence-corrected chi connectivity index (χ0v) is 9.03. The highest BCUT2D eigenvalue weighted by Gasteiger charge is 2.04. The first kappa shape index (κ1) is 11.6. The Kier molecular flexibility index (Phi) is 4.70. The molecule has 1 unspecified atom stereocenters. The van der Waals surface area contributed by atoms with E-state index in [4.69, 9.17) is 0 Å². The molecule has 0 radical (unpaired) electrons. The summed E-state index contributed by atoms with van der Waals surface area (Å²) in [7, 11) is 0. The maximum atomic E-state index is 11.4. The van der Waals surface area contributed by atoms with Gasteiger partial charge in [0.15, 0.2) is 0 Å². The van der Waals surface area contributed by atoms with Gasteiger partial charge in [-0.05, 0) is 19.4 Å². The van der Waals surface area contributed by atoms with Gasteiger partial charge in [-0.25, -0.2) is 9.97 Å². The lowest BCUT2D eigenvalue weighted by molar-refractivity contribution is -0.115. The van der Waals surface area contributed by atoms with Crippen LogP contribution in [0.15, 0.2) is 18.5 Å². The molecule has 0 saturated heterocycles. The van der Waals surface area contributed by atoms with Crippen LogP contribution in [0.4, 0.5) is 5.95 Å². The number of carbonyl (C=O) groups excluding carboxylic acids is 1. The van der Waals surface area contributed by atoms with Crippen molar-refractivity contribution in [2.75, 3.05) is 11.9 Å². The Morgan fingerprint density at radius 2 is 2.13 bits per heavy atom.